The summed E-state index contributed by atoms with van der Waals surface area (Å²) in [7, 11) is 8.16. The van der Waals surface area contributed by atoms with E-state index in [9.17, 15) is 0 Å². The van der Waals surface area contributed by atoms with E-state index in [1.165, 1.54) is 11.4 Å². The second-order valence-corrected chi connectivity index (χ2v) is 4.71. The zero-order valence-electron chi connectivity index (χ0n) is 11.4. The summed E-state index contributed by atoms with van der Waals surface area (Å²) in [4.78, 5) is 4.18. The monoisotopic (exact) mass is 244 g/mol. The summed E-state index contributed by atoms with van der Waals surface area (Å²) in [6.07, 6.45) is 12.3. The minimum Gasteiger partial charge on any atom is -0.378 e. The van der Waals surface area contributed by atoms with Gasteiger partial charge in [-0.1, -0.05) is 0 Å². The van der Waals surface area contributed by atoms with Crippen molar-refractivity contribution in [2.45, 2.75) is 0 Å². The molecule has 0 unspecified atom stereocenters. The van der Waals surface area contributed by atoms with Crippen LogP contribution in [-0.4, -0.2) is 38.0 Å². The van der Waals surface area contributed by atoms with E-state index >= 15 is 0 Å². The van der Waals surface area contributed by atoms with Crippen molar-refractivity contribution in [3.8, 4) is 0 Å². The summed E-state index contributed by atoms with van der Waals surface area (Å²) < 4.78 is 0. The van der Waals surface area contributed by atoms with Crippen LogP contribution in [0.25, 0.3) is 0 Å². The van der Waals surface area contributed by atoms with E-state index in [-0.39, 0.29) is 0 Å². The molecule has 0 atom stereocenters. The molecular weight excluding hydrogens is 224 g/mol. The summed E-state index contributed by atoms with van der Waals surface area (Å²) >= 11 is 0. The number of allylic oxidation sites excluding steroid dienone is 4. The Morgan fingerprint density at radius 2 is 1.11 bits per heavy atom. The quantitative estimate of drug-likeness (QED) is 0.767. The topological polar surface area (TPSA) is 30.5 Å². The van der Waals surface area contributed by atoms with Gasteiger partial charge < -0.3 is 20.4 Å². The van der Waals surface area contributed by atoms with Gasteiger partial charge in [-0.05, 0) is 24.3 Å². The van der Waals surface area contributed by atoms with Crippen LogP contribution in [0.3, 0.4) is 0 Å². The Labute approximate surface area is 109 Å². The molecule has 0 aromatic heterocycles. The SMILES string of the molecule is CN(C)C1=C/C(=C2\C=C(N(C)C)C=CN2)NC=C1. The third-order valence-corrected chi connectivity index (χ3v) is 2.89. The normalized spacial score (nSPS) is 21.8. The predicted octanol–water partition coefficient (Wildman–Crippen LogP) is 1.32. The molecule has 0 fully saturated rings. The van der Waals surface area contributed by atoms with E-state index < -0.39 is 0 Å². The maximum atomic E-state index is 3.27. The van der Waals surface area contributed by atoms with Gasteiger partial charge in [-0.25, -0.2) is 0 Å². The number of rotatable bonds is 2. The van der Waals surface area contributed by atoms with Gasteiger partial charge in [0.15, 0.2) is 0 Å². The van der Waals surface area contributed by atoms with Gasteiger partial charge in [0.25, 0.3) is 0 Å². The Morgan fingerprint density at radius 3 is 1.44 bits per heavy atom. The van der Waals surface area contributed by atoms with Crippen LogP contribution in [0.15, 0.2) is 59.5 Å². The van der Waals surface area contributed by atoms with E-state index in [4.69, 9.17) is 0 Å². The molecule has 2 heterocycles. The highest BCUT2D eigenvalue weighted by Gasteiger charge is 2.10. The highest BCUT2D eigenvalue weighted by molar-refractivity contribution is 5.44. The summed E-state index contributed by atoms with van der Waals surface area (Å²) in [6.45, 7) is 0. The molecule has 2 aliphatic rings. The smallest absolute Gasteiger partial charge is 0.0640 e. The lowest BCUT2D eigenvalue weighted by atomic mass is 10.1. The third kappa shape index (κ3) is 2.59. The molecule has 4 heteroatoms. The first kappa shape index (κ1) is 12.4. The third-order valence-electron chi connectivity index (χ3n) is 2.89. The predicted molar refractivity (Wildman–Crippen MR) is 75.1 cm³/mol. The lowest BCUT2D eigenvalue weighted by molar-refractivity contribution is 0.524. The molecule has 0 amide bonds. The molecule has 96 valence electrons. The van der Waals surface area contributed by atoms with Gasteiger partial charge >= 0.3 is 0 Å². The number of hydrogen-bond donors (Lipinski definition) is 2. The molecule has 2 rings (SSSR count). The van der Waals surface area contributed by atoms with Crippen molar-refractivity contribution in [3.05, 3.63) is 59.5 Å². The standard InChI is InChI=1S/C14H20N4/c1-17(2)11-5-7-15-13(9-11)14-10-12(18(3)4)6-8-16-14/h5-10,15-16H,1-4H3/b14-13-. The molecule has 0 saturated carbocycles. The zero-order chi connectivity index (χ0) is 13.1. The van der Waals surface area contributed by atoms with Crippen molar-refractivity contribution in [1.29, 1.82) is 0 Å². The van der Waals surface area contributed by atoms with Gasteiger partial charge in [-0.3, -0.25) is 0 Å². The Hall–Kier alpha value is -2.10. The molecule has 2 N–H and O–H groups in total. The van der Waals surface area contributed by atoms with E-state index in [2.05, 4.69) is 44.7 Å². The highest BCUT2D eigenvalue weighted by atomic mass is 15.1. The molecule has 0 aromatic rings. The van der Waals surface area contributed by atoms with Crippen LogP contribution in [0.2, 0.25) is 0 Å². The molecule has 0 aromatic carbocycles. The maximum absolute atomic E-state index is 3.27. The minimum absolute atomic E-state index is 1.07. The first-order chi connectivity index (χ1) is 8.58. The molecular formula is C14H20N4. The summed E-state index contributed by atoms with van der Waals surface area (Å²) in [5, 5.41) is 6.54. The second-order valence-electron chi connectivity index (χ2n) is 4.71. The number of hydrogen-bond acceptors (Lipinski definition) is 4. The van der Waals surface area contributed by atoms with Gasteiger partial charge in [-0.2, -0.15) is 0 Å². The summed E-state index contributed by atoms with van der Waals surface area (Å²) in [5.41, 5.74) is 4.50. The van der Waals surface area contributed by atoms with Crippen LogP contribution in [-0.2, 0) is 0 Å². The largest absolute Gasteiger partial charge is 0.378 e. The molecule has 0 aliphatic carbocycles. The van der Waals surface area contributed by atoms with E-state index in [0.717, 1.165) is 11.4 Å². The van der Waals surface area contributed by atoms with Crippen molar-refractivity contribution < 1.29 is 0 Å². The van der Waals surface area contributed by atoms with Gasteiger partial charge in [0.05, 0.1) is 11.4 Å². The Morgan fingerprint density at radius 1 is 0.722 bits per heavy atom. The van der Waals surface area contributed by atoms with Crippen molar-refractivity contribution in [3.63, 3.8) is 0 Å². The summed E-state index contributed by atoms with van der Waals surface area (Å²) in [6, 6.07) is 0. The average Bonchev–Trinajstić information content (AvgIpc) is 2.39. The van der Waals surface area contributed by atoms with E-state index in [1.807, 2.05) is 40.6 Å². The fraction of sp³-hybridized carbons (Fsp3) is 0.286. The fourth-order valence-electron chi connectivity index (χ4n) is 1.78. The van der Waals surface area contributed by atoms with Gasteiger partial charge in [-0.15, -0.1) is 0 Å². The Balaban J connectivity index is 2.33. The van der Waals surface area contributed by atoms with Crippen LogP contribution in [0.5, 0.6) is 0 Å². The zero-order valence-corrected chi connectivity index (χ0v) is 11.4. The Kier molecular flexibility index (Phi) is 3.46. The first-order valence-electron chi connectivity index (χ1n) is 5.96. The van der Waals surface area contributed by atoms with Crippen LogP contribution < -0.4 is 10.6 Å². The average molecular weight is 244 g/mol. The summed E-state index contributed by atoms with van der Waals surface area (Å²) in [5.74, 6) is 0. The maximum Gasteiger partial charge on any atom is 0.0640 e. The minimum atomic E-state index is 1.07. The van der Waals surface area contributed by atoms with Crippen LogP contribution in [0, 0.1) is 0 Å². The molecule has 0 bridgehead atoms. The van der Waals surface area contributed by atoms with Crippen molar-refractivity contribution >= 4 is 0 Å². The van der Waals surface area contributed by atoms with Crippen LogP contribution in [0.4, 0.5) is 0 Å². The molecule has 4 nitrogen and oxygen atoms in total. The molecule has 18 heavy (non-hydrogen) atoms. The number of likely N-dealkylation sites (N-methyl/N-ethyl adjacent to an activating group) is 2. The first-order valence-corrected chi connectivity index (χ1v) is 5.96. The van der Waals surface area contributed by atoms with Crippen LogP contribution >= 0.6 is 0 Å². The van der Waals surface area contributed by atoms with Crippen molar-refractivity contribution in [1.82, 2.24) is 20.4 Å². The van der Waals surface area contributed by atoms with E-state index in [1.54, 1.807) is 0 Å². The number of dihydropyridines is 2. The second kappa shape index (κ2) is 5.04. The fourth-order valence-corrected chi connectivity index (χ4v) is 1.78. The molecule has 0 radical (unpaired) electrons. The van der Waals surface area contributed by atoms with Gasteiger partial charge in [0.1, 0.15) is 0 Å². The molecule has 0 saturated heterocycles. The van der Waals surface area contributed by atoms with Crippen molar-refractivity contribution in [2.75, 3.05) is 28.2 Å². The highest BCUT2D eigenvalue weighted by Crippen LogP contribution is 2.17. The van der Waals surface area contributed by atoms with Gasteiger partial charge in [0, 0.05) is 52.0 Å². The lowest BCUT2D eigenvalue weighted by Crippen LogP contribution is -2.22. The van der Waals surface area contributed by atoms with Crippen LogP contribution in [0.1, 0.15) is 0 Å². The number of nitrogens with zero attached hydrogens (tertiary/aromatic N) is 2. The molecule has 2 aliphatic heterocycles. The van der Waals surface area contributed by atoms with E-state index in [0.29, 0.717) is 0 Å². The number of nitrogens with one attached hydrogen (secondary N) is 2. The van der Waals surface area contributed by atoms with Crippen molar-refractivity contribution in [2.24, 2.45) is 0 Å². The Bertz CT molecular complexity index is 432. The lowest BCUT2D eigenvalue weighted by Gasteiger charge is -2.23. The van der Waals surface area contributed by atoms with Gasteiger partial charge in [0.2, 0.25) is 0 Å². The molecule has 0 spiro atoms.